The van der Waals surface area contributed by atoms with Gasteiger partial charge in [-0.1, -0.05) is 6.07 Å². The van der Waals surface area contributed by atoms with E-state index in [1.807, 2.05) is 49.9 Å². The molecule has 0 unspecified atom stereocenters. The minimum absolute atomic E-state index is 0.537. The maximum Gasteiger partial charge on any atom is 0.212 e. The number of rotatable bonds is 6. The van der Waals surface area contributed by atoms with E-state index in [-0.39, 0.29) is 0 Å². The van der Waals surface area contributed by atoms with E-state index in [4.69, 9.17) is 9.72 Å². The van der Waals surface area contributed by atoms with Gasteiger partial charge in [-0.3, -0.25) is 9.88 Å². The van der Waals surface area contributed by atoms with Gasteiger partial charge in [0.05, 0.1) is 24.4 Å². The normalized spacial score (nSPS) is 13.9. The van der Waals surface area contributed by atoms with Gasteiger partial charge >= 0.3 is 0 Å². The number of piperazine rings is 1. The van der Waals surface area contributed by atoms with Gasteiger partial charge < -0.3 is 9.64 Å². The molecule has 0 radical (unpaired) electrons. The van der Waals surface area contributed by atoms with E-state index >= 15 is 0 Å². The third kappa shape index (κ3) is 5.02. The second-order valence-electron chi connectivity index (χ2n) is 9.67. The fourth-order valence-electron chi connectivity index (χ4n) is 5.06. The van der Waals surface area contributed by atoms with Gasteiger partial charge in [0.2, 0.25) is 5.88 Å². The van der Waals surface area contributed by atoms with Crippen molar-refractivity contribution >= 4 is 11.3 Å². The summed E-state index contributed by atoms with van der Waals surface area (Å²) in [5.74, 6) is 1.59. The number of anilines is 1. The minimum Gasteiger partial charge on any atom is -0.481 e. The Labute approximate surface area is 227 Å². The van der Waals surface area contributed by atoms with Crippen molar-refractivity contribution in [1.29, 1.82) is 5.26 Å². The first-order chi connectivity index (χ1) is 19.1. The molecule has 0 N–H and O–H groups in total. The lowest BCUT2D eigenvalue weighted by molar-refractivity contribution is 0.249. The van der Waals surface area contributed by atoms with Crippen LogP contribution in [0.15, 0.2) is 73.4 Å². The zero-order chi connectivity index (χ0) is 26.8. The summed E-state index contributed by atoms with van der Waals surface area (Å²) in [6, 6.07) is 16.6. The number of hydrogen-bond donors (Lipinski definition) is 0. The largest absolute Gasteiger partial charge is 0.481 e. The summed E-state index contributed by atoms with van der Waals surface area (Å²) in [5.41, 5.74) is 7.36. The van der Waals surface area contributed by atoms with Crippen LogP contribution in [0.5, 0.6) is 5.88 Å². The summed E-state index contributed by atoms with van der Waals surface area (Å²) in [4.78, 5) is 18.2. The average Bonchev–Trinajstić information content (AvgIpc) is 3.41. The maximum absolute atomic E-state index is 9.72. The Morgan fingerprint density at radius 2 is 1.77 bits per heavy atom. The van der Waals surface area contributed by atoms with Crippen LogP contribution in [0.4, 0.5) is 5.82 Å². The van der Waals surface area contributed by atoms with Crippen molar-refractivity contribution in [3.8, 4) is 34.2 Å². The Kier molecular flexibility index (Phi) is 6.61. The molecule has 1 fully saturated rings. The molecule has 6 rings (SSSR count). The summed E-state index contributed by atoms with van der Waals surface area (Å²) in [6.07, 6.45) is 9.16. The number of methoxy groups -OCH3 is 1. The minimum atomic E-state index is 0.537. The summed E-state index contributed by atoms with van der Waals surface area (Å²) < 4.78 is 6.94. The number of nitriles is 1. The summed E-state index contributed by atoms with van der Waals surface area (Å²) in [6.45, 7) is 6.54. The van der Waals surface area contributed by atoms with Crippen molar-refractivity contribution in [2.75, 3.05) is 38.2 Å². The van der Waals surface area contributed by atoms with Crippen LogP contribution in [0, 0.1) is 18.3 Å². The van der Waals surface area contributed by atoms with E-state index < -0.39 is 0 Å². The second kappa shape index (κ2) is 10.5. The lowest BCUT2D eigenvalue weighted by atomic mass is 10.00. The topological polar surface area (TPSA) is 95.5 Å². The highest BCUT2D eigenvalue weighted by Gasteiger charge is 2.19. The number of nitrogens with zero attached hydrogens (tertiary/aromatic N) is 8. The average molecular weight is 517 g/mol. The van der Waals surface area contributed by atoms with Crippen molar-refractivity contribution in [3.05, 3.63) is 90.3 Å². The Hall–Kier alpha value is -4.81. The molecule has 0 spiro atoms. The van der Waals surface area contributed by atoms with Gasteiger partial charge in [0.15, 0.2) is 0 Å². The standard InChI is InChI=1S/C30H28N8O/c1-21-13-23(7-8-32-21)25-14-27(30-26(15-31)18-35-38(30)20-25)24-4-5-28(33-17-24)37-11-9-36(10-12-37)19-22-3-6-29(39-2)34-16-22/h3-8,13-14,16-18,20H,9-12,19H2,1-2H3. The summed E-state index contributed by atoms with van der Waals surface area (Å²) in [7, 11) is 1.63. The summed E-state index contributed by atoms with van der Waals surface area (Å²) in [5, 5.41) is 14.2. The molecule has 39 heavy (non-hydrogen) atoms. The van der Waals surface area contributed by atoms with Gasteiger partial charge in [-0.25, -0.2) is 14.5 Å². The fourth-order valence-corrected chi connectivity index (χ4v) is 5.06. The van der Waals surface area contributed by atoms with Crippen LogP contribution >= 0.6 is 0 Å². The van der Waals surface area contributed by atoms with Crippen molar-refractivity contribution in [1.82, 2.24) is 29.5 Å². The van der Waals surface area contributed by atoms with E-state index in [1.54, 1.807) is 17.8 Å². The fraction of sp³-hybridized carbons (Fsp3) is 0.233. The van der Waals surface area contributed by atoms with Crippen molar-refractivity contribution in [3.63, 3.8) is 0 Å². The maximum atomic E-state index is 9.72. The molecule has 9 nitrogen and oxygen atoms in total. The number of pyridine rings is 4. The second-order valence-corrected chi connectivity index (χ2v) is 9.67. The van der Waals surface area contributed by atoms with E-state index in [1.165, 1.54) is 5.56 Å². The van der Waals surface area contributed by atoms with E-state index in [2.05, 4.69) is 55.2 Å². The third-order valence-corrected chi connectivity index (χ3v) is 7.13. The first kappa shape index (κ1) is 24.5. The highest BCUT2D eigenvalue weighted by molar-refractivity contribution is 5.87. The Balaban J connectivity index is 1.22. The number of ether oxygens (including phenoxy) is 1. The molecule has 0 aromatic carbocycles. The van der Waals surface area contributed by atoms with Crippen LogP contribution in [0.3, 0.4) is 0 Å². The molecule has 5 aromatic rings. The van der Waals surface area contributed by atoms with E-state index in [0.29, 0.717) is 11.4 Å². The lowest BCUT2D eigenvalue weighted by Gasteiger charge is -2.35. The van der Waals surface area contributed by atoms with E-state index in [9.17, 15) is 5.26 Å². The molecule has 0 aliphatic carbocycles. The van der Waals surface area contributed by atoms with Gasteiger partial charge in [-0.2, -0.15) is 10.4 Å². The van der Waals surface area contributed by atoms with Crippen molar-refractivity contribution in [2.45, 2.75) is 13.5 Å². The van der Waals surface area contributed by atoms with E-state index in [0.717, 1.165) is 72.0 Å². The highest BCUT2D eigenvalue weighted by Crippen LogP contribution is 2.32. The molecule has 0 amide bonds. The van der Waals surface area contributed by atoms with Gasteiger partial charge in [0, 0.05) is 86.0 Å². The van der Waals surface area contributed by atoms with Gasteiger partial charge in [-0.15, -0.1) is 0 Å². The number of fused-ring (bicyclic) bond motifs is 1. The van der Waals surface area contributed by atoms with Crippen molar-refractivity contribution in [2.24, 2.45) is 0 Å². The van der Waals surface area contributed by atoms with Crippen LogP contribution in [0.1, 0.15) is 16.8 Å². The van der Waals surface area contributed by atoms with Gasteiger partial charge in [0.25, 0.3) is 0 Å². The van der Waals surface area contributed by atoms with Crippen LogP contribution < -0.4 is 9.64 Å². The monoisotopic (exact) mass is 516 g/mol. The first-order valence-electron chi connectivity index (χ1n) is 12.9. The molecule has 9 heteroatoms. The molecule has 5 aromatic heterocycles. The lowest BCUT2D eigenvalue weighted by Crippen LogP contribution is -2.46. The third-order valence-electron chi connectivity index (χ3n) is 7.13. The van der Waals surface area contributed by atoms with Crippen LogP contribution in [0.2, 0.25) is 0 Å². The smallest absolute Gasteiger partial charge is 0.212 e. The Morgan fingerprint density at radius 3 is 2.46 bits per heavy atom. The SMILES string of the molecule is COc1ccc(CN2CCN(c3ccc(-c4cc(-c5ccnc(C)c5)cn5ncc(C#N)c45)cn3)CC2)cn1. The molecule has 1 aliphatic rings. The van der Waals surface area contributed by atoms with Crippen LogP contribution in [0.25, 0.3) is 27.8 Å². The van der Waals surface area contributed by atoms with Crippen LogP contribution in [-0.4, -0.2) is 62.8 Å². The number of aromatic nitrogens is 5. The molecule has 0 bridgehead atoms. The summed E-state index contributed by atoms with van der Waals surface area (Å²) >= 11 is 0. The Bertz CT molecular complexity index is 1650. The molecule has 1 saturated heterocycles. The molecule has 0 atom stereocenters. The molecule has 6 heterocycles. The Morgan fingerprint density at radius 1 is 0.897 bits per heavy atom. The highest BCUT2D eigenvalue weighted by atomic mass is 16.5. The predicted octanol–water partition coefficient (Wildman–Crippen LogP) is 4.36. The number of hydrogen-bond acceptors (Lipinski definition) is 8. The first-order valence-corrected chi connectivity index (χ1v) is 12.9. The zero-order valence-corrected chi connectivity index (χ0v) is 21.9. The number of aryl methyl sites for hydroxylation is 1. The quantitative estimate of drug-likeness (QED) is 0.328. The molecule has 194 valence electrons. The van der Waals surface area contributed by atoms with Crippen LogP contribution in [-0.2, 0) is 6.54 Å². The predicted molar refractivity (Wildman–Crippen MR) is 149 cm³/mol. The van der Waals surface area contributed by atoms with Gasteiger partial charge in [-0.05, 0) is 48.4 Å². The molecular formula is C30H28N8O. The zero-order valence-electron chi connectivity index (χ0n) is 21.9. The molecular weight excluding hydrogens is 488 g/mol. The van der Waals surface area contributed by atoms with Gasteiger partial charge in [0.1, 0.15) is 11.9 Å². The van der Waals surface area contributed by atoms with Crippen molar-refractivity contribution < 1.29 is 4.74 Å². The molecule has 1 aliphatic heterocycles. The molecule has 0 saturated carbocycles.